The van der Waals surface area contributed by atoms with Crippen molar-refractivity contribution in [3.63, 3.8) is 0 Å². The summed E-state index contributed by atoms with van der Waals surface area (Å²) in [6.45, 7) is 10.7. The molecule has 1 N–H and O–H groups in total. The summed E-state index contributed by atoms with van der Waals surface area (Å²) in [4.78, 5) is 16.3. The van der Waals surface area contributed by atoms with Crippen molar-refractivity contribution in [3.05, 3.63) is 12.2 Å². The van der Waals surface area contributed by atoms with Gasteiger partial charge in [0.15, 0.2) is 0 Å². The summed E-state index contributed by atoms with van der Waals surface area (Å²) >= 11 is 0. The third-order valence-electron chi connectivity index (χ3n) is 2.87. The average Bonchev–Trinajstić information content (AvgIpc) is 2.77. The van der Waals surface area contributed by atoms with Crippen molar-refractivity contribution >= 4 is 5.91 Å². The predicted molar refractivity (Wildman–Crippen MR) is 72.6 cm³/mol. The number of carbonyl (C=O) groups excluding carboxylic acids is 1. The number of nitrogens with one attached hydrogen (secondary N) is 1. The molecule has 0 bridgehead atoms. The first kappa shape index (κ1) is 15.6. The van der Waals surface area contributed by atoms with Crippen molar-refractivity contribution in [2.75, 3.05) is 6.61 Å². The van der Waals surface area contributed by atoms with Gasteiger partial charge in [0.05, 0.1) is 6.04 Å². The maximum Gasteiger partial charge on any atom is 0.252 e. The molecule has 0 saturated carbocycles. The molecule has 0 aliphatic heterocycles. The molecule has 0 saturated heterocycles. The van der Waals surface area contributed by atoms with Crippen molar-refractivity contribution in [3.8, 4) is 0 Å². The van der Waals surface area contributed by atoms with Crippen LogP contribution in [0.1, 0.15) is 52.9 Å². The monoisotopic (exact) mass is 268 g/mol. The Kier molecular flexibility index (Phi) is 5.47. The second-order valence-electron chi connectivity index (χ2n) is 4.98. The Morgan fingerprint density at radius 1 is 1.53 bits per heavy atom. The van der Waals surface area contributed by atoms with Crippen LogP contribution in [0.3, 0.4) is 0 Å². The van der Waals surface area contributed by atoms with Crippen molar-refractivity contribution in [2.24, 2.45) is 0 Å². The van der Waals surface area contributed by atoms with Crippen molar-refractivity contribution in [1.29, 1.82) is 0 Å². The van der Waals surface area contributed by atoms with Gasteiger partial charge in [-0.1, -0.05) is 6.92 Å². The highest BCUT2D eigenvalue weighted by Gasteiger charge is 2.29. The maximum absolute atomic E-state index is 12.1. The molecule has 0 radical (unpaired) electrons. The van der Waals surface area contributed by atoms with Gasteiger partial charge in [-0.2, -0.15) is 5.10 Å². The topological polar surface area (TPSA) is 69.0 Å². The summed E-state index contributed by atoms with van der Waals surface area (Å²) in [5.74, 6) is 0.621. The van der Waals surface area contributed by atoms with Gasteiger partial charge in [0.1, 0.15) is 17.8 Å². The molecule has 6 heteroatoms. The number of rotatable bonds is 7. The normalized spacial score (nSPS) is 13.3. The molecule has 1 aromatic rings. The Labute approximate surface area is 114 Å². The minimum Gasteiger partial charge on any atom is -0.366 e. The molecule has 19 heavy (non-hydrogen) atoms. The number of aryl methyl sites for hydroxylation is 1. The minimum absolute atomic E-state index is 0.145. The predicted octanol–water partition coefficient (Wildman–Crippen LogP) is 1.68. The summed E-state index contributed by atoms with van der Waals surface area (Å²) < 4.78 is 7.25. The number of hydrogen-bond donors (Lipinski definition) is 1. The van der Waals surface area contributed by atoms with Crippen LogP contribution in [-0.2, 0) is 16.1 Å². The lowest BCUT2D eigenvalue weighted by Gasteiger charge is -2.25. The third kappa shape index (κ3) is 4.02. The summed E-state index contributed by atoms with van der Waals surface area (Å²) in [6.07, 6.45) is 2.49. The van der Waals surface area contributed by atoms with Crippen LogP contribution in [0.2, 0.25) is 0 Å². The number of carbonyl (C=O) groups is 1. The molecule has 0 aliphatic carbocycles. The average molecular weight is 268 g/mol. The zero-order valence-electron chi connectivity index (χ0n) is 12.4. The molecule has 1 unspecified atom stereocenters. The van der Waals surface area contributed by atoms with E-state index in [1.165, 1.54) is 6.33 Å². The number of aromatic nitrogens is 3. The smallest absolute Gasteiger partial charge is 0.252 e. The van der Waals surface area contributed by atoms with Crippen LogP contribution in [0.4, 0.5) is 0 Å². The Morgan fingerprint density at radius 2 is 2.21 bits per heavy atom. The van der Waals surface area contributed by atoms with E-state index in [2.05, 4.69) is 22.3 Å². The van der Waals surface area contributed by atoms with E-state index >= 15 is 0 Å². The van der Waals surface area contributed by atoms with Crippen LogP contribution >= 0.6 is 0 Å². The molecule has 0 aromatic carbocycles. The first-order valence-electron chi connectivity index (χ1n) is 6.75. The Balaban J connectivity index is 2.71. The molecule has 1 heterocycles. The highest BCUT2D eigenvalue weighted by molar-refractivity contribution is 5.84. The van der Waals surface area contributed by atoms with Gasteiger partial charge in [0.2, 0.25) is 0 Å². The molecular formula is C13H24N4O2. The fourth-order valence-electron chi connectivity index (χ4n) is 1.85. The third-order valence-corrected chi connectivity index (χ3v) is 2.87. The Hall–Kier alpha value is -1.43. The second-order valence-corrected chi connectivity index (χ2v) is 4.98. The van der Waals surface area contributed by atoms with Gasteiger partial charge < -0.3 is 10.1 Å². The first-order valence-corrected chi connectivity index (χ1v) is 6.75. The SMILES string of the molecule is CCCn1ncnc1C(C)NC(=O)C(C)(C)OCC. The number of nitrogens with zero attached hydrogens (tertiary/aromatic N) is 3. The molecule has 0 fully saturated rings. The maximum atomic E-state index is 12.1. The van der Waals surface area contributed by atoms with Gasteiger partial charge in [0, 0.05) is 13.2 Å². The zero-order chi connectivity index (χ0) is 14.5. The number of amides is 1. The van der Waals surface area contributed by atoms with E-state index < -0.39 is 5.60 Å². The Bertz CT molecular complexity index is 415. The summed E-state index contributed by atoms with van der Waals surface area (Å²) in [6, 6.07) is -0.193. The first-order chi connectivity index (χ1) is 8.92. The summed E-state index contributed by atoms with van der Waals surface area (Å²) in [5, 5.41) is 7.07. The van der Waals surface area contributed by atoms with E-state index in [-0.39, 0.29) is 11.9 Å². The molecule has 108 valence electrons. The lowest BCUT2D eigenvalue weighted by molar-refractivity contribution is -0.143. The molecule has 0 aliphatic rings. The van der Waals surface area contributed by atoms with Crippen molar-refractivity contribution in [2.45, 2.75) is 59.2 Å². The Morgan fingerprint density at radius 3 is 2.79 bits per heavy atom. The molecule has 1 atom stereocenters. The van der Waals surface area contributed by atoms with E-state index in [1.807, 2.05) is 18.5 Å². The van der Waals surface area contributed by atoms with E-state index in [9.17, 15) is 4.79 Å². The summed E-state index contributed by atoms with van der Waals surface area (Å²) in [7, 11) is 0. The molecule has 1 rings (SSSR count). The van der Waals surface area contributed by atoms with E-state index in [0.717, 1.165) is 18.8 Å². The van der Waals surface area contributed by atoms with Gasteiger partial charge in [0.25, 0.3) is 5.91 Å². The molecule has 0 spiro atoms. The van der Waals surface area contributed by atoms with Crippen LogP contribution in [0, 0.1) is 0 Å². The van der Waals surface area contributed by atoms with Gasteiger partial charge in [-0.15, -0.1) is 0 Å². The molecule has 6 nitrogen and oxygen atoms in total. The van der Waals surface area contributed by atoms with Crippen molar-refractivity contribution in [1.82, 2.24) is 20.1 Å². The molecule has 1 amide bonds. The highest BCUT2D eigenvalue weighted by atomic mass is 16.5. The van der Waals surface area contributed by atoms with Crippen LogP contribution in [0.25, 0.3) is 0 Å². The lowest BCUT2D eigenvalue weighted by Crippen LogP contribution is -2.45. The summed E-state index contributed by atoms with van der Waals surface area (Å²) in [5.41, 5.74) is -0.835. The van der Waals surface area contributed by atoms with Crippen LogP contribution in [0.15, 0.2) is 6.33 Å². The second kappa shape index (κ2) is 6.65. The van der Waals surface area contributed by atoms with E-state index in [1.54, 1.807) is 13.8 Å². The fourth-order valence-corrected chi connectivity index (χ4v) is 1.85. The van der Waals surface area contributed by atoms with Crippen LogP contribution in [-0.4, -0.2) is 32.9 Å². The zero-order valence-corrected chi connectivity index (χ0v) is 12.4. The van der Waals surface area contributed by atoms with E-state index in [4.69, 9.17) is 4.74 Å². The largest absolute Gasteiger partial charge is 0.366 e. The lowest BCUT2D eigenvalue weighted by atomic mass is 10.1. The van der Waals surface area contributed by atoms with Gasteiger partial charge >= 0.3 is 0 Å². The van der Waals surface area contributed by atoms with Gasteiger partial charge in [-0.05, 0) is 34.1 Å². The van der Waals surface area contributed by atoms with Crippen LogP contribution in [0.5, 0.6) is 0 Å². The standard InChI is InChI=1S/C13H24N4O2/c1-6-8-17-11(14-9-15-17)10(3)16-12(18)13(4,5)19-7-2/h9-10H,6-8H2,1-5H3,(H,16,18). The highest BCUT2D eigenvalue weighted by Crippen LogP contribution is 2.14. The quantitative estimate of drug-likeness (QED) is 0.817. The number of ether oxygens (including phenoxy) is 1. The fraction of sp³-hybridized carbons (Fsp3) is 0.769. The molecule has 1 aromatic heterocycles. The minimum atomic E-state index is -0.835. The van der Waals surface area contributed by atoms with Gasteiger partial charge in [-0.25, -0.2) is 9.67 Å². The van der Waals surface area contributed by atoms with Crippen LogP contribution < -0.4 is 5.32 Å². The number of hydrogen-bond acceptors (Lipinski definition) is 4. The van der Waals surface area contributed by atoms with Gasteiger partial charge in [-0.3, -0.25) is 4.79 Å². The van der Waals surface area contributed by atoms with E-state index in [0.29, 0.717) is 6.61 Å². The molecular weight excluding hydrogens is 244 g/mol. The van der Waals surface area contributed by atoms with Crippen molar-refractivity contribution < 1.29 is 9.53 Å².